The maximum Gasteiger partial charge on any atom is 0.115 e. The number of nitrogens with one attached hydrogen (secondary N) is 1. The largest absolute Gasteiger partial charge is 0.508 e. The summed E-state index contributed by atoms with van der Waals surface area (Å²) in [5.74, 6) is 0.343. The Bertz CT molecular complexity index is 1240. The second-order valence-corrected chi connectivity index (χ2v) is 12.1. The summed E-state index contributed by atoms with van der Waals surface area (Å²) >= 11 is 0. The first kappa shape index (κ1) is 28.0. The van der Waals surface area contributed by atoms with Gasteiger partial charge in [0.15, 0.2) is 0 Å². The lowest BCUT2D eigenvalue weighted by Crippen LogP contribution is -2.55. The van der Waals surface area contributed by atoms with E-state index in [1.54, 1.807) is 6.07 Å². The van der Waals surface area contributed by atoms with Crippen LogP contribution in [0.25, 0.3) is 11.0 Å². The third kappa shape index (κ3) is 6.12. The minimum atomic E-state index is -0.0493. The van der Waals surface area contributed by atoms with Gasteiger partial charge in [-0.25, -0.2) is 4.98 Å². The number of hydrogen-bond acceptors (Lipinski definition) is 7. The topological polar surface area (TPSA) is 67.8 Å². The van der Waals surface area contributed by atoms with E-state index in [2.05, 4.69) is 79.1 Å². The molecule has 2 N–H and O–H groups in total. The van der Waals surface area contributed by atoms with Crippen molar-refractivity contribution < 1.29 is 5.11 Å². The minimum absolute atomic E-state index is 0.0493. The first-order valence-corrected chi connectivity index (χ1v) is 14.7. The highest BCUT2D eigenvalue weighted by Gasteiger charge is 2.38. The van der Waals surface area contributed by atoms with Crippen LogP contribution in [0.3, 0.4) is 0 Å². The molecule has 0 amide bonds. The SMILES string of the molecule is CCCC(c1cnc2ccc(CN3CCC(c4cccc(O)c4)(N(C)C)CC3)cc2n1)N1CC(C)NC(C)C1. The smallest absolute Gasteiger partial charge is 0.115 e. The number of likely N-dealkylation sites (tertiary alicyclic amines) is 1. The molecule has 0 saturated carbocycles. The molecule has 39 heavy (non-hydrogen) atoms. The molecule has 3 unspecified atom stereocenters. The van der Waals surface area contributed by atoms with E-state index in [1.807, 2.05) is 18.3 Å². The lowest BCUT2D eigenvalue weighted by Gasteiger charge is -2.46. The lowest BCUT2D eigenvalue weighted by atomic mass is 9.79. The monoisotopic (exact) mass is 530 g/mol. The number of piperidine rings is 1. The summed E-state index contributed by atoms with van der Waals surface area (Å²) in [7, 11) is 4.32. The van der Waals surface area contributed by atoms with Gasteiger partial charge in [0.2, 0.25) is 0 Å². The van der Waals surface area contributed by atoms with Crippen molar-refractivity contribution in [2.45, 2.75) is 76.7 Å². The van der Waals surface area contributed by atoms with Crippen molar-refractivity contribution in [3.63, 3.8) is 0 Å². The summed E-state index contributed by atoms with van der Waals surface area (Å²) < 4.78 is 0. The first-order valence-electron chi connectivity index (χ1n) is 14.7. The predicted molar refractivity (Wildman–Crippen MR) is 159 cm³/mol. The van der Waals surface area contributed by atoms with Gasteiger partial charge in [-0.1, -0.05) is 31.5 Å². The average molecular weight is 531 g/mol. The Morgan fingerprint density at radius 2 is 1.79 bits per heavy atom. The normalized spacial score (nSPS) is 23.3. The molecule has 2 aliphatic heterocycles. The Morgan fingerprint density at radius 3 is 2.46 bits per heavy atom. The molecule has 5 rings (SSSR count). The van der Waals surface area contributed by atoms with Crippen LogP contribution in [-0.2, 0) is 12.1 Å². The Balaban J connectivity index is 1.31. The Hall–Kier alpha value is -2.58. The van der Waals surface area contributed by atoms with Gasteiger partial charge in [-0.2, -0.15) is 0 Å². The van der Waals surface area contributed by atoms with E-state index in [0.717, 1.165) is 75.1 Å². The van der Waals surface area contributed by atoms with Crippen molar-refractivity contribution in [3.8, 4) is 5.75 Å². The molecule has 3 heterocycles. The quantitative estimate of drug-likeness (QED) is 0.429. The first-order chi connectivity index (χ1) is 18.8. The zero-order chi connectivity index (χ0) is 27.6. The van der Waals surface area contributed by atoms with Crippen molar-refractivity contribution in [2.75, 3.05) is 40.3 Å². The van der Waals surface area contributed by atoms with E-state index < -0.39 is 0 Å². The van der Waals surface area contributed by atoms with Crippen LogP contribution in [0, 0.1) is 0 Å². The highest BCUT2D eigenvalue weighted by Crippen LogP contribution is 2.39. The summed E-state index contributed by atoms with van der Waals surface area (Å²) in [5.41, 5.74) is 5.51. The van der Waals surface area contributed by atoms with Gasteiger partial charge in [-0.15, -0.1) is 0 Å². The Kier molecular flexibility index (Phi) is 8.52. The minimum Gasteiger partial charge on any atom is -0.508 e. The van der Waals surface area contributed by atoms with Crippen LogP contribution >= 0.6 is 0 Å². The molecule has 3 aromatic rings. The van der Waals surface area contributed by atoms with E-state index in [0.29, 0.717) is 23.9 Å². The van der Waals surface area contributed by atoms with Crippen molar-refractivity contribution >= 4 is 11.0 Å². The van der Waals surface area contributed by atoms with Gasteiger partial charge in [0.1, 0.15) is 5.75 Å². The van der Waals surface area contributed by atoms with Gasteiger partial charge in [-0.05, 0) is 82.6 Å². The summed E-state index contributed by atoms with van der Waals surface area (Å²) in [4.78, 5) is 17.5. The number of phenols is 1. The maximum atomic E-state index is 10.1. The molecule has 0 aliphatic carbocycles. The molecule has 3 atom stereocenters. The Morgan fingerprint density at radius 1 is 1.05 bits per heavy atom. The number of aromatic nitrogens is 2. The summed E-state index contributed by atoms with van der Waals surface area (Å²) in [6.45, 7) is 11.8. The van der Waals surface area contributed by atoms with Crippen LogP contribution in [0.1, 0.15) is 69.3 Å². The fourth-order valence-corrected chi connectivity index (χ4v) is 6.87. The summed E-state index contributed by atoms with van der Waals surface area (Å²) in [6.07, 6.45) is 6.29. The third-order valence-corrected chi connectivity index (χ3v) is 8.88. The molecular weight excluding hydrogens is 484 g/mol. The van der Waals surface area contributed by atoms with E-state index in [-0.39, 0.29) is 5.54 Å². The fraction of sp³-hybridized carbons (Fsp3) is 0.562. The highest BCUT2D eigenvalue weighted by atomic mass is 16.3. The number of hydrogen-bond donors (Lipinski definition) is 2. The number of fused-ring (bicyclic) bond motifs is 1. The van der Waals surface area contributed by atoms with Gasteiger partial charge in [0.05, 0.1) is 29.0 Å². The molecule has 7 heteroatoms. The standard InChI is InChI=1S/C32H46N6O/c1-6-8-31(38-20-23(2)34-24(3)21-38)30-19-33-28-12-11-25(17-29(28)35-30)22-37-15-13-32(14-16-37,36(4)5)26-9-7-10-27(39)18-26/h7,9-12,17-19,23-24,31,34,39H,6,8,13-16,20-22H2,1-5H3. The molecule has 7 nitrogen and oxygen atoms in total. The number of aromatic hydroxyl groups is 1. The van der Waals surface area contributed by atoms with Crippen LogP contribution in [0.5, 0.6) is 5.75 Å². The molecule has 0 radical (unpaired) electrons. The third-order valence-electron chi connectivity index (χ3n) is 8.88. The van der Waals surface area contributed by atoms with Crippen LogP contribution in [-0.4, -0.2) is 82.1 Å². The fourth-order valence-electron chi connectivity index (χ4n) is 6.87. The highest BCUT2D eigenvalue weighted by molar-refractivity contribution is 5.74. The molecule has 2 fully saturated rings. The van der Waals surface area contributed by atoms with Crippen LogP contribution in [0.4, 0.5) is 0 Å². The number of rotatable bonds is 8. The van der Waals surface area contributed by atoms with E-state index in [4.69, 9.17) is 9.97 Å². The second kappa shape index (κ2) is 11.9. The van der Waals surface area contributed by atoms with E-state index >= 15 is 0 Å². The summed E-state index contributed by atoms with van der Waals surface area (Å²) in [6, 6.07) is 15.7. The van der Waals surface area contributed by atoms with Gasteiger partial charge in [0, 0.05) is 50.3 Å². The molecule has 1 aromatic heterocycles. The van der Waals surface area contributed by atoms with E-state index in [9.17, 15) is 5.11 Å². The predicted octanol–water partition coefficient (Wildman–Crippen LogP) is 4.91. The van der Waals surface area contributed by atoms with Crippen molar-refractivity contribution in [1.82, 2.24) is 30.0 Å². The molecular formula is C32H46N6O. The van der Waals surface area contributed by atoms with Crippen molar-refractivity contribution in [2.24, 2.45) is 0 Å². The number of phenolic OH excluding ortho intramolecular Hbond substituents is 1. The molecule has 0 bridgehead atoms. The zero-order valence-corrected chi connectivity index (χ0v) is 24.4. The van der Waals surface area contributed by atoms with Gasteiger partial charge in [-0.3, -0.25) is 19.7 Å². The molecule has 2 aliphatic rings. The maximum absolute atomic E-state index is 10.1. The van der Waals surface area contributed by atoms with E-state index in [1.165, 1.54) is 11.1 Å². The van der Waals surface area contributed by atoms with Gasteiger partial charge >= 0.3 is 0 Å². The molecule has 210 valence electrons. The second-order valence-electron chi connectivity index (χ2n) is 12.1. The van der Waals surface area contributed by atoms with Crippen molar-refractivity contribution in [3.05, 3.63) is 65.5 Å². The average Bonchev–Trinajstić information content (AvgIpc) is 2.91. The number of piperazine rings is 1. The van der Waals surface area contributed by atoms with Crippen LogP contribution in [0.15, 0.2) is 48.7 Å². The Labute approximate surface area is 234 Å². The molecule has 0 spiro atoms. The number of benzene rings is 2. The lowest BCUT2D eigenvalue weighted by molar-refractivity contribution is 0.0506. The zero-order valence-electron chi connectivity index (χ0n) is 24.4. The van der Waals surface area contributed by atoms with Gasteiger partial charge < -0.3 is 10.4 Å². The van der Waals surface area contributed by atoms with Gasteiger partial charge in [0.25, 0.3) is 0 Å². The number of nitrogens with zero attached hydrogens (tertiary/aromatic N) is 5. The van der Waals surface area contributed by atoms with Crippen LogP contribution in [0.2, 0.25) is 0 Å². The van der Waals surface area contributed by atoms with Crippen molar-refractivity contribution in [1.29, 1.82) is 0 Å². The molecule has 2 saturated heterocycles. The molecule has 2 aromatic carbocycles. The van der Waals surface area contributed by atoms with Crippen LogP contribution < -0.4 is 5.32 Å². The summed E-state index contributed by atoms with van der Waals surface area (Å²) in [5, 5.41) is 13.8.